The second-order valence-electron chi connectivity index (χ2n) is 6.17. The van der Waals surface area contributed by atoms with Gasteiger partial charge in [0.25, 0.3) is 0 Å². The molecule has 0 amide bonds. The van der Waals surface area contributed by atoms with Gasteiger partial charge in [0.15, 0.2) is 0 Å². The van der Waals surface area contributed by atoms with E-state index in [0.717, 1.165) is 12.2 Å². The molecule has 0 saturated carbocycles. The number of hydrogen-bond donors (Lipinski definition) is 1. The Kier molecular flexibility index (Phi) is 13.9. The van der Waals surface area contributed by atoms with Crippen LogP contribution in [0.5, 0.6) is 0 Å². The Morgan fingerprint density at radius 3 is 2.40 bits per heavy atom. The molecule has 0 fully saturated rings. The van der Waals surface area contributed by atoms with Gasteiger partial charge in [0.05, 0.1) is 31.2 Å². The van der Waals surface area contributed by atoms with Gasteiger partial charge in [0.2, 0.25) is 0 Å². The molecule has 0 saturated heterocycles. The number of esters is 2. The van der Waals surface area contributed by atoms with Crippen molar-refractivity contribution in [3.05, 3.63) is 0 Å². The van der Waals surface area contributed by atoms with E-state index < -0.39 is 5.41 Å². The van der Waals surface area contributed by atoms with Gasteiger partial charge < -0.3 is 24.1 Å². The Labute approximate surface area is 154 Å². The largest absolute Gasteiger partial charge is 0.463 e. The summed E-state index contributed by atoms with van der Waals surface area (Å²) in [5.74, 6) is 0.641. The maximum atomic E-state index is 11.7. The molecule has 7 nitrogen and oxygen atoms in total. The molecule has 1 N–H and O–H groups in total. The van der Waals surface area contributed by atoms with E-state index in [4.69, 9.17) is 24.1 Å². The van der Waals surface area contributed by atoms with Crippen LogP contribution in [0.15, 0.2) is 0 Å². The fourth-order valence-corrected chi connectivity index (χ4v) is 2.34. The van der Waals surface area contributed by atoms with E-state index in [1.807, 2.05) is 20.8 Å². The van der Waals surface area contributed by atoms with Gasteiger partial charge in [0, 0.05) is 11.5 Å². The third-order valence-electron chi connectivity index (χ3n) is 3.54. The summed E-state index contributed by atoms with van der Waals surface area (Å²) in [6, 6.07) is 0. The topological polar surface area (TPSA) is 91.3 Å². The van der Waals surface area contributed by atoms with E-state index in [-0.39, 0.29) is 44.5 Å². The highest BCUT2D eigenvalue weighted by Crippen LogP contribution is 2.21. The zero-order valence-electron chi connectivity index (χ0n) is 15.7. The van der Waals surface area contributed by atoms with E-state index in [2.05, 4.69) is 0 Å². The van der Waals surface area contributed by atoms with Gasteiger partial charge in [-0.1, -0.05) is 13.8 Å². The number of rotatable bonds is 15. The molecule has 1 atom stereocenters. The van der Waals surface area contributed by atoms with Crippen molar-refractivity contribution in [1.82, 2.24) is 0 Å². The Morgan fingerprint density at radius 2 is 1.76 bits per heavy atom. The number of aliphatic hydroxyl groups is 1. The van der Waals surface area contributed by atoms with E-state index >= 15 is 0 Å². The molecule has 0 aromatic heterocycles. The molecule has 0 aliphatic heterocycles. The Bertz CT molecular complexity index is 374. The summed E-state index contributed by atoms with van der Waals surface area (Å²) in [6.07, 6.45) is 0.727. The number of carbonyl (C=O) groups is 2. The van der Waals surface area contributed by atoms with E-state index in [9.17, 15) is 9.59 Å². The lowest BCUT2D eigenvalue weighted by molar-refractivity contribution is -0.157. The number of thioether (sulfide) groups is 1. The summed E-state index contributed by atoms with van der Waals surface area (Å²) in [4.78, 5) is 23.2. The summed E-state index contributed by atoms with van der Waals surface area (Å²) < 4.78 is 20.5. The zero-order valence-corrected chi connectivity index (χ0v) is 16.6. The first-order chi connectivity index (χ1) is 11.8. The molecule has 0 aromatic rings. The smallest absolute Gasteiger partial charge is 0.311 e. The third-order valence-corrected chi connectivity index (χ3v) is 4.73. The lowest BCUT2D eigenvalue weighted by Crippen LogP contribution is -2.27. The molecule has 25 heavy (non-hydrogen) atoms. The quantitative estimate of drug-likeness (QED) is 0.261. The van der Waals surface area contributed by atoms with Crippen LogP contribution in [0.4, 0.5) is 0 Å². The highest BCUT2D eigenvalue weighted by atomic mass is 32.2. The van der Waals surface area contributed by atoms with Gasteiger partial charge in [0.1, 0.15) is 20.0 Å². The van der Waals surface area contributed by atoms with Crippen molar-refractivity contribution >= 4 is 23.7 Å². The predicted octanol–water partition coefficient (Wildman–Crippen LogP) is 1.86. The van der Waals surface area contributed by atoms with Crippen molar-refractivity contribution in [1.29, 1.82) is 0 Å². The Hall–Kier alpha value is -0.830. The maximum Gasteiger partial charge on any atom is 0.311 e. The van der Waals surface area contributed by atoms with Gasteiger partial charge in [-0.3, -0.25) is 9.59 Å². The molecule has 1 unspecified atom stereocenters. The maximum absolute atomic E-state index is 11.7. The summed E-state index contributed by atoms with van der Waals surface area (Å²) in [5, 5.41) is 8.59. The zero-order chi connectivity index (χ0) is 19.1. The summed E-state index contributed by atoms with van der Waals surface area (Å²) in [6.45, 7) is 8.48. The summed E-state index contributed by atoms with van der Waals surface area (Å²) >= 11 is 1.59. The van der Waals surface area contributed by atoms with Crippen LogP contribution in [-0.2, 0) is 28.5 Å². The summed E-state index contributed by atoms with van der Waals surface area (Å²) in [5.41, 5.74) is -0.463. The minimum atomic E-state index is -0.463. The molecule has 0 aliphatic rings. The number of aliphatic hydroxyl groups excluding tert-OH is 1. The average Bonchev–Trinajstić information content (AvgIpc) is 2.60. The van der Waals surface area contributed by atoms with Gasteiger partial charge >= 0.3 is 11.9 Å². The van der Waals surface area contributed by atoms with Crippen molar-refractivity contribution in [2.45, 2.75) is 34.1 Å². The van der Waals surface area contributed by atoms with Crippen molar-refractivity contribution in [3.8, 4) is 0 Å². The van der Waals surface area contributed by atoms with Gasteiger partial charge in [-0.2, -0.15) is 11.8 Å². The second kappa shape index (κ2) is 14.4. The lowest BCUT2D eigenvalue weighted by Gasteiger charge is -2.20. The van der Waals surface area contributed by atoms with Crippen LogP contribution in [0.25, 0.3) is 0 Å². The van der Waals surface area contributed by atoms with E-state index in [0.29, 0.717) is 19.0 Å². The fraction of sp³-hybridized carbons (Fsp3) is 0.882. The Morgan fingerprint density at radius 1 is 1.08 bits per heavy atom. The monoisotopic (exact) mass is 380 g/mol. The van der Waals surface area contributed by atoms with Crippen LogP contribution < -0.4 is 0 Å². The molecule has 0 rings (SSSR count). The molecule has 0 radical (unpaired) electrons. The summed E-state index contributed by atoms with van der Waals surface area (Å²) in [7, 11) is 0. The van der Waals surface area contributed by atoms with Crippen molar-refractivity contribution in [2.75, 3.05) is 51.3 Å². The molecule has 0 bridgehead atoms. The molecule has 0 aromatic carbocycles. The molecule has 0 aliphatic carbocycles. The van der Waals surface area contributed by atoms with Crippen LogP contribution in [0, 0.1) is 11.3 Å². The molecule has 148 valence electrons. The third kappa shape index (κ3) is 12.2. The minimum absolute atomic E-state index is 0.0412. The molecular weight excluding hydrogens is 348 g/mol. The van der Waals surface area contributed by atoms with Crippen LogP contribution in [0.3, 0.4) is 0 Å². The number of hydrogen-bond acceptors (Lipinski definition) is 8. The fourth-order valence-electron chi connectivity index (χ4n) is 1.44. The van der Waals surface area contributed by atoms with Gasteiger partial charge in [-0.25, -0.2) is 0 Å². The van der Waals surface area contributed by atoms with E-state index in [1.165, 1.54) is 0 Å². The predicted molar refractivity (Wildman–Crippen MR) is 96.3 cm³/mol. The second-order valence-corrected chi connectivity index (χ2v) is 7.32. The van der Waals surface area contributed by atoms with Gasteiger partial charge in [-0.05, 0) is 20.3 Å². The first kappa shape index (κ1) is 24.2. The highest BCUT2D eigenvalue weighted by Gasteiger charge is 2.26. The SMILES string of the molecule is CCC(C)(C)C(=O)OCCOCOCCSCC(C)C(=O)OCCO. The van der Waals surface area contributed by atoms with Crippen LogP contribution in [0.1, 0.15) is 34.1 Å². The normalized spacial score (nSPS) is 12.7. The first-order valence-electron chi connectivity index (χ1n) is 8.53. The molecule has 8 heteroatoms. The molecular formula is C17H32O7S. The number of ether oxygens (including phenoxy) is 4. The number of carbonyl (C=O) groups excluding carboxylic acids is 2. The van der Waals surface area contributed by atoms with Gasteiger partial charge in [-0.15, -0.1) is 0 Å². The van der Waals surface area contributed by atoms with Crippen LogP contribution >= 0.6 is 11.8 Å². The average molecular weight is 381 g/mol. The first-order valence-corrected chi connectivity index (χ1v) is 9.68. The molecule has 0 heterocycles. The minimum Gasteiger partial charge on any atom is -0.463 e. The van der Waals surface area contributed by atoms with Crippen molar-refractivity contribution in [3.63, 3.8) is 0 Å². The highest BCUT2D eigenvalue weighted by molar-refractivity contribution is 7.99. The van der Waals surface area contributed by atoms with Crippen molar-refractivity contribution < 1.29 is 33.6 Å². The van der Waals surface area contributed by atoms with E-state index in [1.54, 1.807) is 18.7 Å². The molecule has 0 spiro atoms. The van der Waals surface area contributed by atoms with Crippen LogP contribution in [0.2, 0.25) is 0 Å². The van der Waals surface area contributed by atoms with Crippen LogP contribution in [-0.4, -0.2) is 68.4 Å². The van der Waals surface area contributed by atoms with Crippen molar-refractivity contribution in [2.24, 2.45) is 11.3 Å². The standard InChI is InChI=1S/C17H32O7S/c1-5-17(3,4)16(20)24-9-8-21-13-22-10-11-25-12-14(2)15(19)23-7-6-18/h14,18H,5-13H2,1-4H3. The lowest BCUT2D eigenvalue weighted by atomic mass is 9.91. The Balaban J connectivity index is 3.45.